The predicted molar refractivity (Wildman–Crippen MR) is 134 cm³/mol. The first-order valence-electron chi connectivity index (χ1n) is 11.0. The van der Waals surface area contributed by atoms with Gasteiger partial charge in [0, 0.05) is 23.7 Å². The van der Waals surface area contributed by atoms with Crippen LogP contribution in [0.1, 0.15) is 30.4 Å². The van der Waals surface area contributed by atoms with Crippen LogP contribution in [0.15, 0.2) is 36.4 Å². The van der Waals surface area contributed by atoms with Crippen molar-refractivity contribution in [2.24, 2.45) is 0 Å². The van der Waals surface area contributed by atoms with Gasteiger partial charge >= 0.3 is 0 Å². The summed E-state index contributed by atoms with van der Waals surface area (Å²) in [6.07, 6.45) is 4.42. The average molecular weight is 497 g/mol. The summed E-state index contributed by atoms with van der Waals surface area (Å²) in [7, 11) is 6.86. The van der Waals surface area contributed by atoms with Crippen LogP contribution >= 0.6 is 24.0 Å². The SMILES string of the molecule is COc1cc(CC(=O)N[C@@H]2CCC[C@H]2N(C)CCc2ccc(Cl)cc2)cc(OC)c1OC.Cl. The zero-order chi connectivity index (χ0) is 23.1. The summed E-state index contributed by atoms with van der Waals surface area (Å²) in [6, 6.07) is 12.1. The van der Waals surface area contributed by atoms with E-state index in [2.05, 4.69) is 29.4 Å². The normalized spacial score (nSPS) is 17.4. The molecule has 0 aromatic heterocycles. The highest BCUT2D eigenvalue weighted by Gasteiger charge is 2.31. The van der Waals surface area contributed by atoms with Gasteiger partial charge < -0.3 is 24.4 Å². The maximum absolute atomic E-state index is 12.8. The number of likely N-dealkylation sites (N-methyl/N-ethyl adjacent to an activating group) is 1. The van der Waals surface area contributed by atoms with Crippen LogP contribution in [0.3, 0.4) is 0 Å². The highest BCUT2D eigenvalue weighted by Crippen LogP contribution is 2.38. The molecule has 1 aliphatic rings. The van der Waals surface area contributed by atoms with E-state index in [9.17, 15) is 4.79 Å². The second-order valence-corrected chi connectivity index (χ2v) is 8.68. The number of nitrogens with one attached hydrogen (secondary N) is 1. The van der Waals surface area contributed by atoms with Crippen LogP contribution in [0.2, 0.25) is 5.02 Å². The van der Waals surface area contributed by atoms with Crippen LogP contribution in [-0.4, -0.2) is 57.8 Å². The number of carbonyl (C=O) groups excluding carboxylic acids is 1. The Labute approximate surface area is 207 Å². The van der Waals surface area contributed by atoms with Gasteiger partial charge in [-0.15, -0.1) is 12.4 Å². The van der Waals surface area contributed by atoms with Crippen molar-refractivity contribution in [3.8, 4) is 17.2 Å². The largest absolute Gasteiger partial charge is 0.493 e. The lowest BCUT2D eigenvalue weighted by Crippen LogP contribution is -2.48. The van der Waals surface area contributed by atoms with Gasteiger partial charge in [0.2, 0.25) is 11.7 Å². The second kappa shape index (κ2) is 12.9. The van der Waals surface area contributed by atoms with E-state index in [0.717, 1.165) is 42.8 Å². The summed E-state index contributed by atoms with van der Waals surface area (Å²) in [6.45, 7) is 0.936. The quantitative estimate of drug-likeness (QED) is 0.522. The van der Waals surface area contributed by atoms with Gasteiger partial charge in [-0.3, -0.25) is 4.79 Å². The first kappa shape index (κ1) is 27.1. The third kappa shape index (κ3) is 7.16. The average Bonchev–Trinajstić information content (AvgIpc) is 3.25. The molecule has 2 aromatic rings. The van der Waals surface area contributed by atoms with Crippen molar-refractivity contribution in [3.63, 3.8) is 0 Å². The molecule has 0 heterocycles. The lowest BCUT2D eigenvalue weighted by molar-refractivity contribution is -0.121. The van der Waals surface area contributed by atoms with E-state index in [1.807, 2.05) is 24.3 Å². The Kier molecular flexibility index (Phi) is 10.6. The molecule has 1 amide bonds. The van der Waals surface area contributed by atoms with Crippen molar-refractivity contribution in [1.29, 1.82) is 0 Å². The van der Waals surface area contributed by atoms with E-state index in [0.29, 0.717) is 23.3 Å². The molecule has 0 radical (unpaired) electrons. The monoisotopic (exact) mass is 496 g/mol. The molecule has 1 saturated carbocycles. The third-order valence-electron chi connectivity index (χ3n) is 6.15. The summed E-state index contributed by atoms with van der Waals surface area (Å²) in [5.74, 6) is 1.63. The molecule has 8 heteroatoms. The van der Waals surface area contributed by atoms with Crippen molar-refractivity contribution in [2.75, 3.05) is 34.9 Å². The fourth-order valence-electron chi connectivity index (χ4n) is 4.44. The first-order valence-corrected chi connectivity index (χ1v) is 11.4. The van der Waals surface area contributed by atoms with Crippen molar-refractivity contribution < 1.29 is 19.0 Å². The Morgan fingerprint density at radius 3 is 2.24 bits per heavy atom. The highest BCUT2D eigenvalue weighted by molar-refractivity contribution is 6.30. The van der Waals surface area contributed by atoms with Crippen LogP contribution in [0.25, 0.3) is 0 Å². The molecule has 0 bridgehead atoms. The van der Waals surface area contributed by atoms with Crippen LogP contribution in [0.5, 0.6) is 17.2 Å². The molecule has 0 aliphatic heterocycles. The lowest BCUT2D eigenvalue weighted by Gasteiger charge is -2.30. The van der Waals surface area contributed by atoms with Crippen LogP contribution in [0, 0.1) is 0 Å². The van der Waals surface area contributed by atoms with Gasteiger partial charge in [0.05, 0.1) is 27.8 Å². The summed E-state index contributed by atoms with van der Waals surface area (Å²) >= 11 is 5.98. The minimum absolute atomic E-state index is 0. The maximum atomic E-state index is 12.8. The number of hydrogen-bond donors (Lipinski definition) is 1. The summed E-state index contributed by atoms with van der Waals surface area (Å²) < 4.78 is 16.2. The fourth-order valence-corrected chi connectivity index (χ4v) is 4.57. The molecular formula is C25H34Cl2N2O4. The third-order valence-corrected chi connectivity index (χ3v) is 6.40. The number of ether oxygens (including phenoxy) is 3. The molecule has 182 valence electrons. The Hall–Kier alpha value is -2.15. The zero-order valence-electron chi connectivity index (χ0n) is 19.7. The smallest absolute Gasteiger partial charge is 0.224 e. The predicted octanol–water partition coefficient (Wildman–Crippen LogP) is 4.54. The van der Waals surface area contributed by atoms with Gasteiger partial charge in [0.15, 0.2) is 11.5 Å². The summed E-state index contributed by atoms with van der Waals surface area (Å²) in [4.78, 5) is 15.2. The van der Waals surface area contributed by atoms with Gasteiger partial charge in [0.1, 0.15) is 0 Å². The van der Waals surface area contributed by atoms with E-state index in [1.165, 1.54) is 5.56 Å². The molecular weight excluding hydrogens is 463 g/mol. The van der Waals surface area contributed by atoms with Crippen molar-refractivity contribution in [1.82, 2.24) is 10.2 Å². The number of benzene rings is 2. The molecule has 1 N–H and O–H groups in total. The van der Waals surface area contributed by atoms with Crippen molar-refractivity contribution >= 4 is 29.9 Å². The second-order valence-electron chi connectivity index (χ2n) is 8.24. The Balaban J connectivity index is 0.00000385. The lowest BCUT2D eigenvalue weighted by atomic mass is 10.1. The Morgan fingerprint density at radius 1 is 1.03 bits per heavy atom. The summed E-state index contributed by atoms with van der Waals surface area (Å²) in [5.41, 5.74) is 2.09. The minimum Gasteiger partial charge on any atom is -0.493 e. The van der Waals surface area contributed by atoms with E-state index >= 15 is 0 Å². The minimum atomic E-state index is 0. The number of amides is 1. The maximum Gasteiger partial charge on any atom is 0.224 e. The van der Waals surface area contributed by atoms with Gasteiger partial charge in [-0.2, -0.15) is 0 Å². The molecule has 33 heavy (non-hydrogen) atoms. The van der Waals surface area contributed by atoms with Crippen LogP contribution in [0.4, 0.5) is 0 Å². The molecule has 0 saturated heterocycles. The van der Waals surface area contributed by atoms with Gasteiger partial charge in [-0.25, -0.2) is 0 Å². The topological polar surface area (TPSA) is 60.0 Å². The van der Waals surface area contributed by atoms with Gasteiger partial charge in [-0.1, -0.05) is 23.7 Å². The number of methoxy groups -OCH3 is 3. The Bertz CT molecular complexity index is 883. The molecule has 2 atom stereocenters. The van der Waals surface area contributed by atoms with Crippen LogP contribution in [-0.2, 0) is 17.6 Å². The number of halogens is 2. The molecule has 1 aliphatic carbocycles. The Morgan fingerprint density at radius 2 is 1.67 bits per heavy atom. The zero-order valence-corrected chi connectivity index (χ0v) is 21.3. The standard InChI is InChI=1S/C25H33ClN2O4.ClH/c1-28(13-12-17-8-10-19(26)11-9-17)21-7-5-6-20(21)27-24(29)16-18-14-22(30-2)25(32-4)23(15-18)31-3;/h8-11,14-15,20-21H,5-7,12-13,16H2,1-4H3,(H,27,29);1H/t20-,21-;/m1./s1. The van der Waals surface area contributed by atoms with E-state index in [-0.39, 0.29) is 30.8 Å². The van der Waals surface area contributed by atoms with Gasteiger partial charge in [0.25, 0.3) is 0 Å². The van der Waals surface area contributed by atoms with E-state index in [4.69, 9.17) is 25.8 Å². The molecule has 0 spiro atoms. The molecule has 6 nitrogen and oxygen atoms in total. The number of carbonyl (C=O) groups is 1. The van der Waals surface area contributed by atoms with Crippen LogP contribution < -0.4 is 19.5 Å². The summed E-state index contributed by atoms with van der Waals surface area (Å²) in [5, 5.41) is 4.01. The van der Waals surface area contributed by atoms with E-state index in [1.54, 1.807) is 21.3 Å². The van der Waals surface area contributed by atoms with Gasteiger partial charge in [-0.05, 0) is 68.1 Å². The molecule has 2 aromatic carbocycles. The first-order chi connectivity index (χ1) is 15.4. The fraction of sp³-hybridized carbons (Fsp3) is 0.480. The van der Waals surface area contributed by atoms with Crippen molar-refractivity contribution in [3.05, 3.63) is 52.5 Å². The number of rotatable bonds is 10. The molecule has 1 fully saturated rings. The van der Waals surface area contributed by atoms with E-state index < -0.39 is 0 Å². The molecule has 0 unspecified atom stereocenters. The number of hydrogen-bond acceptors (Lipinski definition) is 5. The number of nitrogens with zero attached hydrogens (tertiary/aromatic N) is 1. The molecule has 3 rings (SSSR count). The van der Waals surface area contributed by atoms with Crippen molar-refractivity contribution in [2.45, 2.75) is 44.2 Å². The highest BCUT2D eigenvalue weighted by atomic mass is 35.5.